The second-order valence-corrected chi connectivity index (χ2v) is 19.1. The second kappa shape index (κ2) is 17.4. The van der Waals surface area contributed by atoms with E-state index < -0.39 is 5.41 Å². The average Bonchev–Trinajstić information content (AvgIpc) is 4.00. The molecule has 1 heterocycles. The molecule has 0 saturated carbocycles. The van der Waals surface area contributed by atoms with E-state index >= 15 is 0 Å². The number of rotatable bonds is 9. The third kappa shape index (κ3) is 6.87. The third-order valence-electron chi connectivity index (χ3n) is 15.2. The van der Waals surface area contributed by atoms with E-state index in [9.17, 15) is 0 Å². The molecule has 1 aliphatic rings. The molecule has 1 aliphatic carbocycles. The first-order chi connectivity index (χ1) is 36.2. The molecule has 342 valence electrons. The molecule has 0 saturated heterocycles. The third-order valence-corrected chi connectivity index (χ3v) is 15.2. The van der Waals surface area contributed by atoms with E-state index in [1.165, 1.54) is 66.4 Å². The first kappa shape index (κ1) is 42.4. The fourth-order valence-corrected chi connectivity index (χ4v) is 12.0. The molecule has 0 fully saturated rings. The molecule has 12 aromatic carbocycles. The summed E-state index contributed by atoms with van der Waals surface area (Å²) in [7, 11) is 0. The summed E-state index contributed by atoms with van der Waals surface area (Å²) in [6, 6.07) is 104. The van der Waals surface area contributed by atoms with Crippen LogP contribution in [0.1, 0.15) is 22.3 Å². The highest BCUT2D eigenvalue weighted by atomic mass is 16.3. The van der Waals surface area contributed by atoms with E-state index in [1.807, 2.05) is 12.1 Å². The summed E-state index contributed by atoms with van der Waals surface area (Å²) in [6.45, 7) is 0. The normalized spacial score (nSPS) is 12.5. The molecule has 2 heteroatoms. The van der Waals surface area contributed by atoms with Crippen molar-refractivity contribution in [3.05, 3.63) is 307 Å². The van der Waals surface area contributed by atoms with Crippen molar-refractivity contribution < 1.29 is 4.42 Å². The highest BCUT2D eigenvalue weighted by Crippen LogP contribution is 2.59. The van der Waals surface area contributed by atoms with Crippen LogP contribution in [0.5, 0.6) is 0 Å². The van der Waals surface area contributed by atoms with Crippen molar-refractivity contribution in [2.75, 3.05) is 4.90 Å². The van der Waals surface area contributed by atoms with Crippen LogP contribution in [0.2, 0.25) is 0 Å². The van der Waals surface area contributed by atoms with Crippen LogP contribution in [0.25, 0.3) is 88.3 Å². The van der Waals surface area contributed by atoms with Crippen LogP contribution in [0.15, 0.2) is 290 Å². The number of para-hydroxylation sites is 3. The Kier molecular flexibility index (Phi) is 10.1. The predicted molar refractivity (Wildman–Crippen MR) is 305 cm³/mol. The van der Waals surface area contributed by atoms with Gasteiger partial charge in [0.1, 0.15) is 11.2 Å². The number of hydrogen-bond donors (Lipinski definition) is 0. The van der Waals surface area contributed by atoms with Crippen LogP contribution in [-0.4, -0.2) is 0 Å². The van der Waals surface area contributed by atoms with E-state index in [0.29, 0.717) is 0 Å². The lowest BCUT2D eigenvalue weighted by Gasteiger charge is -2.34. The van der Waals surface area contributed by atoms with Gasteiger partial charge in [-0.3, -0.25) is 0 Å². The Morgan fingerprint density at radius 1 is 0.288 bits per heavy atom. The number of benzene rings is 12. The van der Waals surface area contributed by atoms with Crippen molar-refractivity contribution in [1.29, 1.82) is 0 Å². The van der Waals surface area contributed by atoms with E-state index in [1.54, 1.807) is 0 Å². The van der Waals surface area contributed by atoms with Gasteiger partial charge in [0.15, 0.2) is 0 Å². The number of fused-ring (bicyclic) bond motifs is 7. The Bertz CT molecular complexity index is 4140. The smallest absolute Gasteiger partial charge is 0.135 e. The lowest BCUT2D eigenvalue weighted by atomic mass is 9.67. The topological polar surface area (TPSA) is 16.4 Å². The SMILES string of the molecule is c1ccc(C2(c3ccccc3)c3ccccc3-c3c(-c4ccccc4N(c4ccc(-c5ccc(-c6cccc7ccccc67)cc5)cc4)c4ccccc4-c4ccc5oc6ccccc6c5c4)cccc32)cc1. The van der Waals surface area contributed by atoms with Gasteiger partial charge in [0, 0.05) is 27.6 Å². The van der Waals surface area contributed by atoms with Crippen molar-refractivity contribution in [1.82, 2.24) is 0 Å². The molecule has 2 nitrogen and oxygen atoms in total. The van der Waals surface area contributed by atoms with Gasteiger partial charge in [0.2, 0.25) is 0 Å². The van der Waals surface area contributed by atoms with Gasteiger partial charge < -0.3 is 9.32 Å². The monoisotopic (exact) mass is 929 g/mol. The molecule has 0 radical (unpaired) electrons. The van der Waals surface area contributed by atoms with Crippen LogP contribution in [0.3, 0.4) is 0 Å². The Labute approximate surface area is 425 Å². The zero-order chi connectivity index (χ0) is 48.3. The van der Waals surface area contributed by atoms with Crippen molar-refractivity contribution in [3.63, 3.8) is 0 Å². The summed E-state index contributed by atoms with van der Waals surface area (Å²) >= 11 is 0. The maximum Gasteiger partial charge on any atom is 0.135 e. The number of anilines is 3. The molecule has 0 aliphatic heterocycles. The zero-order valence-electron chi connectivity index (χ0n) is 40.0. The molecule has 0 bridgehead atoms. The number of furan rings is 1. The van der Waals surface area contributed by atoms with E-state index in [0.717, 1.165) is 61.3 Å². The highest BCUT2D eigenvalue weighted by molar-refractivity contribution is 6.07. The largest absolute Gasteiger partial charge is 0.456 e. The van der Waals surface area contributed by atoms with Crippen molar-refractivity contribution in [3.8, 4) is 55.6 Å². The highest BCUT2D eigenvalue weighted by Gasteiger charge is 2.47. The Morgan fingerprint density at radius 2 is 0.781 bits per heavy atom. The van der Waals surface area contributed by atoms with E-state index in [-0.39, 0.29) is 0 Å². The summed E-state index contributed by atoms with van der Waals surface area (Å²) in [5, 5.41) is 4.72. The quantitative estimate of drug-likeness (QED) is 0.143. The molecule has 73 heavy (non-hydrogen) atoms. The minimum atomic E-state index is -0.523. The average molecular weight is 930 g/mol. The maximum absolute atomic E-state index is 6.34. The van der Waals surface area contributed by atoms with Crippen LogP contribution in [0.4, 0.5) is 17.1 Å². The van der Waals surface area contributed by atoms with Gasteiger partial charge in [-0.1, -0.05) is 243 Å². The molecule has 0 amide bonds. The Hall–Kier alpha value is -9.50. The lowest BCUT2D eigenvalue weighted by molar-refractivity contribution is 0.669. The Morgan fingerprint density at radius 3 is 1.53 bits per heavy atom. The summed E-state index contributed by atoms with van der Waals surface area (Å²) < 4.78 is 6.34. The van der Waals surface area contributed by atoms with Gasteiger partial charge in [0.25, 0.3) is 0 Å². The van der Waals surface area contributed by atoms with Crippen molar-refractivity contribution in [2.24, 2.45) is 0 Å². The van der Waals surface area contributed by atoms with Crippen LogP contribution in [0, 0.1) is 0 Å². The first-order valence-electron chi connectivity index (χ1n) is 25.2. The molecule has 0 spiro atoms. The fourth-order valence-electron chi connectivity index (χ4n) is 12.0. The first-order valence-corrected chi connectivity index (χ1v) is 25.2. The molecular weight excluding hydrogens is 883 g/mol. The van der Waals surface area contributed by atoms with E-state index in [4.69, 9.17) is 4.42 Å². The van der Waals surface area contributed by atoms with Gasteiger partial charge in [-0.25, -0.2) is 0 Å². The van der Waals surface area contributed by atoms with E-state index in [2.05, 4.69) is 278 Å². The van der Waals surface area contributed by atoms with Crippen molar-refractivity contribution >= 4 is 49.8 Å². The maximum atomic E-state index is 6.34. The summed E-state index contributed by atoms with van der Waals surface area (Å²) in [5.74, 6) is 0. The van der Waals surface area contributed by atoms with Gasteiger partial charge in [-0.2, -0.15) is 0 Å². The molecule has 0 unspecified atom stereocenters. The molecule has 13 aromatic rings. The molecule has 1 aromatic heterocycles. The molecular formula is C71H47NO. The van der Waals surface area contributed by atoms with Crippen LogP contribution in [-0.2, 0) is 5.41 Å². The van der Waals surface area contributed by atoms with Crippen LogP contribution < -0.4 is 4.90 Å². The van der Waals surface area contributed by atoms with Gasteiger partial charge in [0.05, 0.1) is 16.8 Å². The van der Waals surface area contributed by atoms with Gasteiger partial charge in [-0.15, -0.1) is 0 Å². The summed E-state index contributed by atoms with van der Waals surface area (Å²) in [6.07, 6.45) is 0. The predicted octanol–water partition coefficient (Wildman–Crippen LogP) is 19.2. The standard InChI is InChI=1S/C71H47NO/c1-3-21-53(22-4-1)71(54-23-5-2-6-24-54)64-32-13-9-29-62(64)70-61(31-18-33-65(70)71)59-27-11-15-35-67(59)72(66-34-14-10-26-58(66)52-43-46-69-63(47-52)60-28-12-16-36-68(60)73-69)55-44-41-49(42-45-55)48-37-39-51(40-38-48)57-30-17-20-50-19-7-8-25-56(50)57/h1-47H. The minimum absolute atomic E-state index is 0.523. The number of hydrogen-bond acceptors (Lipinski definition) is 2. The zero-order valence-corrected chi connectivity index (χ0v) is 40.0. The van der Waals surface area contributed by atoms with Gasteiger partial charge >= 0.3 is 0 Å². The van der Waals surface area contributed by atoms with Gasteiger partial charge in [-0.05, 0) is 120 Å². The van der Waals surface area contributed by atoms with Crippen molar-refractivity contribution in [2.45, 2.75) is 5.41 Å². The summed E-state index contributed by atoms with van der Waals surface area (Å²) in [5.41, 5.74) is 21.4. The molecule has 0 N–H and O–H groups in total. The lowest BCUT2D eigenvalue weighted by Crippen LogP contribution is -2.28. The minimum Gasteiger partial charge on any atom is -0.456 e. The number of nitrogens with zero attached hydrogens (tertiary/aromatic N) is 1. The molecule has 14 rings (SSSR count). The van der Waals surface area contributed by atoms with Crippen LogP contribution >= 0.6 is 0 Å². The fraction of sp³-hybridized carbons (Fsp3) is 0.0141. The Balaban J connectivity index is 0.956. The second-order valence-electron chi connectivity index (χ2n) is 19.1. The molecule has 0 atom stereocenters. The summed E-state index contributed by atoms with van der Waals surface area (Å²) in [4.78, 5) is 2.47.